The van der Waals surface area contributed by atoms with E-state index in [4.69, 9.17) is 4.74 Å². The Bertz CT molecular complexity index is 726. The maximum absolute atomic E-state index is 12.6. The molecule has 8 heteroatoms. The number of sulfonamides is 1. The molecule has 1 aliphatic heterocycles. The van der Waals surface area contributed by atoms with Gasteiger partial charge in [-0.25, -0.2) is 13.1 Å². The Balaban J connectivity index is 1.55. The summed E-state index contributed by atoms with van der Waals surface area (Å²) in [7, 11) is -3.61. The Morgan fingerprint density at radius 2 is 1.89 bits per heavy atom. The van der Waals surface area contributed by atoms with E-state index in [1.165, 1.54) is 18.6 Å². The molecule has 0 unspecified atom stereocenters. The Morgan fingerprint density at radius 1 is 1.15 bits per heavy atom. The van der Waals surface area contributed by atoms with Crippen LogP contribution in [0.3, 0.4) is 0 Å². The van der Waals surface area contributed by atoms with Crippen LogP contribution >= 0.6 is 0 Å². The summed E-state index contributed by atoms with van der Waals surface area (Å²) >= 11 is 0. The highest BCUT2D eigenvalue weighted by molar-refractivity contribution is 7.89. The lowest BCUT2D eigenvalue weighted by Gasteiger charge is -2.26. The maximum atomic E-state index is 12.6. The van der Waals surface area contributed by atoms with Gasteiger partial charge in [-0.2, -0.15) is 0 Å². The summed E-state index contributed by atoms with van der Waals surface area (Å²) in [5.74, 6) is -0.252. The van der Waals surface area contributed by atoms with Crippen molar-refractivity contribution >= 4 is 15.9 Å². The average molecular weight is 396 g/mol. The third kappa shape index (κ3) is 6.00. The monoisotopic (exact) mass is 395 g/mol. The van der Waals surface area contributed by atoms with Crippen LogP contribution in [0.15, 0.2) is 29.2 Å². The molecule has 1 heterocycles. The van der Waals surface area contributed by atoms with Crippen molar-refractivity contribution < 1.29 is 17.9 Å². The first-order chi connectivity index (χ1) is 13.0. The molecule has 7 nitrogen and oxygen atoms in total. The van der Waals surface area contributed by atoms with Crippen molar-refractivity contribution in [1.82, 2.24) is 14.9 Å². The number of amides is 1. The first kappa shape index (κ1) is 20.3. The molecule has 1 aromatic carbocycles. The second-order valence-electron chi connectivity index (χ2n) is 7.19. The van der Waals surface area contributed by atoms with E-state index in [0.29, 0.717) is 12.1 Å². The van der Waals surface area contributed by atoms with E-state index in [-0.39, 0.29) is 16.8 Å². The van der Waals surface area contributed by atoms with Crippen LogP contribution in [0, 0.1) is 0 Å². The van der Waals surface area contributed by atoms with Gasteiger partial charge in [-0.3, -0.25) is 9.69 Å². The standard InChI is InChI=1S/C19H29N3O4S/c23-19(20-9-10-22-11-13-26-14-12-22)16-5-4-8-18(15-16)27(24,25)21-17-6-2-1-3-7-17/h4-5,8,15,17,21H,1-3,6-7,9-14H2,(H,20,23). The third-order valence-electron chi connectivity index (χ3n) is 5.15. The van der Waals surface area contributed by atoms with E-state index in [9.17, 15) is 13.2 Å². The molecule has 2 N–H and O–H groups in total. The number of carbonyl (C=O) groups excluding carboxylic acids is 1. The summed E-state index contributed by atoms with van der Waals surface area (Å²) in [5.41, 5.74) is 0.364. The SMILES string of the molecule is O=C(NCCN1CCOCC1)c1cccc(S(=O)(=O)NC2CCCCC2)c1. The summed E-state index contributed by atoms with van der Waals surface area (Å²) < 4.78 is 33.4. The van der Waals surface area contributed by atoms with Crippen LogP contribution in [0.1, 0.15) is 42.5 Å². The lowest BCUT2D eigenvalue weighted by Crippen LogP contribution is -2.41. The van der Waals surface area contributed by atoms with Crippen LogP contribution in [0.25, 0.3) is 0 Å². The molecule has 1 saturated heterocycles. The zero-order valence-corrected chi connectivity index (χ0v) is 16.5. The molecule has 2 aliphatic rings. The smallest absolute Gasteiger partial charge is 0.251 e. The van der Waals surface area contributed by atoms with Crippen molar-refractivity contribution in [1.29, 1.82) is 0 Å². The van der Waals surface area contributed by atoms with Gasteiger partial charge in [0.15, 0.2) is 0 Å². The van der Waals surface area contributed by atoms with Crippen molar-refractivity contribution in [2.24, 2.45) is 0 Å². The Kier molecular flexibility index (Phi) is 7.23. The predicted molar refractivity (Wildman–Crippen MR) is 103 cm³/mol. The zero-order valence-electron chi connectivity index (χ0n) is 15.7. The lowest BCUT2D eigenvalue weighted by atomic mass is 9.96. The number of hydrogen-bond acceptors (Lipinski definition) is 5. The van der Waals surface area contributed by atoms with Crippen LogP contribution in [-0.4, -0.2) is 64.7 Å². The molecule has 1 amide bonds. The molecule has 0 radical (unpaired) electrons. The first-order valence-corrected chi connectivity index (χ1v) is 11.2. The largest absolute Gasteiger partial charge is 0.379 e. The van der Waals surface area contributed by atoms with Gasteiger partial charge in [0.2, 0.25) is 10.0 Å². The molecule has 27 heavy (non-hydrogen) atoms. The quantitative estimate of drug-likeness (QED) is 0.728. The van der Waals surface area contributed by atoms with E-state index in [1.807, 2.05) is 0 Å². The van der Waals surface area contributed by atoms with Crippen molar-refractivity contribution in [3.8, 4) is 0 Å². The number of rotatable bonds is 7. The van der Waals surface area contributed by atoms with E-state index in [0.717, 1.165) is 58.5 Å². The Hall–Kier alpha value is -1.48. The normalized spacial score (nSPS) is 19.7. The van der Waals surface area contributed by atoms with Gasteiger partial charge in [0.1, 0.15) is 0 Å². The van der Waals surface area contributed by atoms with E-state index in [1.54, 1.807) is 12.1 Å². The zero-order chi connectivity index (χ0) is 19.1. The van der Waals surface area contributed by atoms with Crippen molar-refractivity contribution in [3.63, 3.8) is 0 Å². The number of hydrogen-bond donors (Lipinski definition) is 2. The molecule has 1 aromatic rings. The summed E-state index contributed by atoms with van der Waals surface area (Å²) in [6, 6.07) is 6.25. The van der Waals surface area contributed by atoms with E-state index < -0.39 is 10.0 Å². The highest BCUT2D eigenvalue weighted by atomic mass is 32.2. The second kappa shape index (κ2) is 9.64. The minimum absolute atomic E-state index is 0.00486. The number of nitrogens with zero attached hydrogens (tertiary/aromatic N) is 1. The van der Waals surface area contributed by atoms with Gasteiger partial charge in [-0.1, -0.05) is 25.3 Å². The molecule has 0 bridgehead atoms. The first-order valence-electron chi connectivity index (χ1n) is 9.75. The van der Waals surface area contributed by atoms with Crippen LogP contribution in [0.2, 0.25) is 0 Å². The molecule has 2 fully saturated rings. The molecular formula is C19H29N3O4S. The molecule has 0 aromatic heterocycles. The molecule has 150 valence electrons. The van der Waals surface area contributed by atoms with Gasteiger partial charge in [0, 0.05) is 37.8 Å². The fraction of sp³-hybridized carbons (Fsp3) is 0.632. The molecule has 0 atom stereocenters. The number of benzene rings is 1. The number of nitrogens with one attached hydrogen (secondary N) is 2. The number of carbonyl (C=O) groups is 1. The third-order valence-corrected chi connectivity index (χ3v) is 6.67. The number of ether oxygens (including phenoxy) is 1. The van der Waals surface area contributed by atoms with Crippen LogP contribution < -0.4 is 10.0 Å². The van der Waals surface area contributed by atoms with Crippen molar-refractivity contribution in [2.75, 3.05) is 39.4 Å². The minimum atomic E-state index is -3.61. The van der Waals surface area contributed by atoms with Crippen LogP contribution in [0.4, 0.5) is 0 Å². The van der Waals surface area contributed by atoms with Gasteiger partial charge in [0.05, 0.1) is 18.1 Å². The molecule has 1 saturated carbocycles. The molecule has 0 spiro atoms. The van der Waals surface area contributed by atoms with E-state index in [2.05, 4.69) is 14.9 Å². The second-order valence-corrected chi connectivity index (χ2v) is 8.91. The maximum Gasteiger partial charge on any atom is 0.251 e. The predicted octanol–water partition coefficient (Wildman–Crippen LogP) is 1.36. The van der Waals surface area contributed by atoms with Crippen molar-refractivity contribution in [3.05, 3.63) is 29.8 Å². The van der Waals surface area contributed by atoms with Crippen molar-refractivity contribution in [2.45, 2.75) is 43.0 Å². The summed E-state index contributed by atoms with van der Waals surface area (Å²) in [4.78, 5) is 14.8. The summed E-state index contributed by atoms with van der Waals surface area (Å²) in [6.07, 6.45) is 5.03. The highest BCUT2D eigenvalue weighted by Crippen LogP contribution is 2.20. The number of morpholine rings is 1. The van der Waals surface area contributed by atoms with Gasteiger partial charge in [-0.05, 0) is 31.0 Å². The van der Waals surface area contributed by atoms with Gasteiger partial charge < -0.3 is 10.1 Å². The molecule has 3 rings (SSSR count). The average Bonchev–Trinajstić information content (AvgIpc) is 2.69. The fourth-order valence-corrected chi connectivity index (χ4v) is 4.92. The molecule has 1 aliphatic carbocycles. The lowest BCUT2D eigenvalue weighted by molar-refractivity contribution is 0.0383. The van der Waals surface area contributed by atoms with Gasteiger partial charge in [0.25, 0.3) is 5.91 Å². The van der Waals surface area contributed by atoms with Crippen LogP contribution in [-0.2, 0) is 14.8 Å². The minimum Gasteiger partial charge on any atom is -0.379 e. The topological polar surface area (TPSA) is 87.7 Å². The van der Waals surface area contributed by atoms with Gasteiger partial charge in [-0.15, -0.1) is 0 Å². The van der Waals surface area contributed by atoms with Gasteiger partial charge >= 0.3 is 0 Å². The Morgan fingerprint density at radius 3 is 2.63 bits per heavy atom. The van der Waals surface area contributed by atoms with E-state index >= 15 is 0 Å². The van der Waals surface area contributed by atoms with Crippen LogP contribution in [0.5, 0.6) is 0 Å². The fourth-order valence-electron chi connectivity index (χ4n) is 3.57. The summed E-state index contributed by atoms with van der Waals surface area (Å²) in [5, 5.41) is 2.87. The summed E-state index contributed by atoms with van der Waals surface area (Å²) in [6.45, 7) is 4.48. The molecular weight excluding hydrogens is 366 g/mol. The Labute approximate surface area is 161 Å². The highest BCUT2D eigenvalue weighted by Gasteiger charge is 2.22.